The molecule has 0 aromatic rings. The van der Waals surface area contributed by atoms with Crippen LogP contribution in [0, 0.1) is 34.5 Å². The molecule has 4 aliphatic carbocycles. The van der Waals surface area contributed by atoms with Crippen molar-refractivity contribution >= 4 is 29.5 Å². The van der Waals surface area contributed by atoms with E-state index >= 15 is 0 Å². The van der Waals surface area contributed by atoms with E-state index in [-0.39, 0.29) is 70.5 Å². The van der Waals surface area contributed by atoms with Crippen molar-refractivity contribution in [2.75, 3.05) is 7.11 Å². The van der Waals surface area contributed by atoms with Crippen molar-refractivity contribution in [3.8, 4) is 0 Å². The first-order valence-corrected chi connectivity index (χ1v) is 17.4. The van der Waals surface area contributed by atoms with E-state index in [1.807, 2.05) is 79.7 Å². The van der Waals surface area contributed by atoms with Gasteiger partial charge in [-0.05, 0) is 95.1 Å². The maximum absolute atomic E-state index is 12.7. The van der Waals surface area contributed by atoms with Crippen LogP contribution in [-0.2, 0) is 38.2 Å². The fourth-order valence-electron chi connectivity index (χ4n) is 7.16. The number of carbonyl (C=O) groups excluding carboxylic acids is 5. The Hall–Kier alpha value is -3.81. The number of ether oxygens (including phenoxy) is 3. The second-order valence-electron chi connectivity index (χ2n) is 15.2. The third kappa shape index (κ3) is 8.87. The highest BCUT2D eigenvalue weighted by Gasteiger charge is 2.63. The lowest BCUT2D eigenvalue weighted by Gasteiger charge is -2.13. The first-order valence-electron chi connectivity index (χ1n) is 17.4. The van der Waals surface area contributed by atoms with Gasteiger partial charge in [-0.2, -0.15) is 0 Å². The molecule has 0 spiro atoms. The highest BCUT2D eigenvalue weighted by atomic mass is 16.6. The summed E-state index contributed by atoms with van der Waals surface area (Å²) in [6, 6.07) is 0. The van der Waals surface area contributed by atoms with Crippen LogP contribution in [0.4, 0.5) is 0 Å². The minimum atomic E-state index is -0.474. The van der Waals surface area contributed by atoms with Gasteiger partial charge < -0.3 is 14.2 Å². The van der Waals surface area contributed by atoms with Gasteiger partial charge in [-0.15, -0.1) is 0 Å². The third-order valence-corrected chi connectivity index (χ3v) is 10.7. The topological polar surface area (TPSA) is 113 Å². The zero-order valence-corrected chi connectivity index (χ0v) is 31.5. The molecule has 0 bridgehead atoms. The molecule has 49 heavy (non-hydrogen) atoms. The van der Waals surface area contributed by atoms with Crippen molar-refractivity contribution in [2.45, 2.75) is 114 Å². The molecule has 4 rings (SSSR count). The minimum absolute atomic E-state index is 0.0476. The van der Waals surface area contributed by atoms with E-state index in [1.165, 1.54) is 12.7 Å². The van der Waals surface area contributed by atoms with Gasteiger partial charge in [-0.25, -0.2) is 4.79 Å². The molecule has 0 unspecified atom stereocenters. The van der Waals surface area contributed by atoms with Gasteiger partial charge >= 0.3 is 17.9 Å². The molecule has 0 radical (unpaired) electrons. The van der Waals surface area contributed by atoms with E-state index in [9.17, 15) is 24.0 Å². The van der Waals surface area contributed by atoms with E-state index in [0.717, 1.165) is 22.3 Å². The van der Waals surface area contributed by atoms with Gasteiger partial charge in [0.2, 0.25) is 0 Å². The van der Waals surface area contributed by atoms with Crippen molar-refractivity contribution in [1.82, 2.24) is 0 Å². The molecule has 2 saturated carbocycles. The highest BCUT2D eigenvalue weighted by molar-refractivity contribution is 6.00. The molecule has 0 heterocycles. The second kappa shape index (κ2) is 15.8. The third-order valence-electron chi connectivity index (χ3n) is 10.7. The molecular formula is C41H56O8. The van der Waals surface area contributed by atoms with Crippen LogP contribution in [0.5, 0.6) is 0 Å². The van der Waals surface area contributed by atoms with Crippen LogP contribution in [0.25, 0.3) is 0 Å². The monoisotopic (exact) mass is 676 g/mol. The van der Waals surface area contributed by atoms with Crippen LogP contribution in [0.15, 0.2) is 69.9 Å². The predicted octanol–water partition coefficient (Wildman–Crippen LogP) is 7.94. The lowest BCUT2D eigenvalue weighted by molar-refractivity contribution is -0.151. The van der Waals surface area contributed by atoms with Crippen LogP contribution in [0.2, 0.25) is 0 Å². The summed E-state index contributed by atoms with van der Waals surface area (Å²) in [6.45, 7) is 21.5. The molecule has 4 aliphatic rings. The van der Waals surface area contributed by atoms with Crippen molar-refractivity contribution in [3.05, 3.63) is 69.9 Å². The fraction of sp³-hybridized carbons (Fsp3) is 0.585. The van der Waals surface area contributed by atoms with Gasteiger partial charge in [0.05, 0.1) is 31.8 Å². The maximum Gasteiger partial charge on any atom is 0.333 e. The first kappa shape index (κ1) is 39.6. The Labute approximate surface area is 292 Å². The van der Waals surface area contributed by atoms with Crippen molar-refractivity contribution in [2.24, 2.45) is 34.5 Å². The number of ketones is 2. The van der Waals surface area contributed by atoms with E-state index < -0.39 is 12.1 Å². The number of allylic oxidation sites excluding steroid dienone is 9. The summed E-state index contributed by atoms with van der Waals surface area (Å²) in [4.78, 5) is 61.1. The molecule has 268 valence electrons. The number of hydrogen-bond donors (Lipinski definition) is 0. The minimum Gasteiger partial charge on any atom is -0.466 e. The number of carbonyl (C=O) groups is 5. The van der Waals surface area contributed by atoms with Crippen molar-refractivity contribution in [3.63, 3.8) is 0 Å². The molecule has 8 heteroatoms. The number of hydrogen-bond acceptors (Lipinski definition) is 8. The van der Waals surface area contributed by atoms with Crippen molar-refractivity contribution < 1.29 is 38.2 Å². The van der Waals surface area contributed by atoms with Crippen LogP contribution < -0.4 is 0 Å². The maximum atomic E-state index is 12.7. The Morgan fingerprint density at radius 1 is 0.714 bits per heavy atom. The SMILES string of the molecule is C/C=C/CC1=C(C)[C@@H](OC(=O)[C@@H]2[C@@H](/C=C(/C)C(=O)OC)C2(C)C)CC1=O.C/C=C/CC1=C(C)[C@@H](OC(=O)[C@@H]2[C@@H](C=C(C)C)C2(C)C)CC1=O. The van der Waals surface area contributed by atoms with Crippen LogP contribution >= 0.6 is 0 Å². The molecule has 0 aromatic carbocycles. The van der Waals surface area contributed by atoms with Crippen molar-refractivity contribution in [1.29, 1.82) is 0 Å². The van der Waals surface area contributed by atoms with E-state index in [4.69, 9.17) is 14.2 Å². The summed E-state index contributed by atoms with van der Waals surface area (Å²) in [6.07, 6.45) is 12.6. The summed E-state index contributed by atoms with van der Waals surface area (Å²) in [5.41, 5.74) is 4.69. The molecule has 8 nitrogen and oxygen atoms in total. The lowest BCUT2D eigenvalue weighted by atomic mass is 10.1. The summed E-state index contributed by atoms with van der Waals surface area (Å²) in [7, 11) is 1.33. The van der Waals surface area contributed by atoms with Gasteiger partial charge in [-0.3, -0.25) is 19.2 Å². The number of Topliss-reactive ketones (excluding diaryl/α,β-unsaturated/α-hetero) is 2. The quantitative estimate of drug-likeness (QED) is 0.0939. The van der Waals surface area contributed by atoms with E-state index in [2.05, 4.69) is 19.9 Å². The Morgan fingerprint density at radius 2 is 1.10 bits per heavy atom. The van der Waals surface area contributed by atoms with Crippen LogP contribution in [0.1, 0.15) is 102 Å². The molecule has 2 fully saturated rings. The number of rotatable bonds is 11. The molecule has 0 aliphatic heterocycles. The summed E-state index contributed by atoms with van der Waals surface area (Å²) in [5, 5.41) is 0. The Bertz CT molecular complexity index is 1540. The predicted molar refractivity (Wildman–Crippen MR) is 190 cm³/mol. The van der Waals surface area contributed by atoms with E-state index in [0.29, 0.717) is 24.8 Å². The normalized spacial score (nSPS) is 28.4. The Balaban J connectivity index is 0.000000267. The van der Waals surface area contributed by atoms with E-state index in [1.54, 1.807) is 13.0 Å². The van der Waals surface area contributed by atoms with Gasteiger partial charge in [0.15, 0.2) is 11.6 Å². The summed E-state index contributed by atoms with van der Waals surface area (Å²) >= 11 is 0. The molecule has 0 saturated heterocycles. The molecule has 0 N–H and O–H groups in total. The van der Waals surface area contributed by atoms with Gasteiger partial charge in [0.1, 0.15) is 12.2 Å². The first-order chi connectivity index (χ1) is 22.8. The lowest BCUT2D eigenvalue weighted by Crippen LogP contribution is -2.20. The standard InChI is InChI=1S/C21H28O5.C20H28O3/c1-7-8-9-14-13(3)17(11-16(14)22)26-20(24)18-15(21(18,4)5)10-12(2)19(23)25-6;1-7-8-9-14-13(4)17(11-16(14)21)23-19(22)18-15(10-12(2)3)20(18,5)6/h7-8,10,15,17-18H,9,11H2,1-6H3;7-8,10,15,17-18H,9,11H2,1-6H3/b8-7+,12-10-;8-7+/t2*15-,17+,18+/m11/s1. The Kier molecular flexibility index (Phi) is 12.8. The number of methoxy groups -OCH3 is 1. The molecule has 0 aromatic heterocycles. The van der Waals surface area contributed by atoms with Gasteiger partial charge in [0.25, 0.3) is 0 Å². The van der Waals surface area contributed by atoms with Gasteiger partial charge in [0, 0.05) is 16.7 Å². The van der Waals surface area contributed by atoms with Crippen LogP contribution in [0.3, 0.4) is 0 Å². The Morgan fingerprint density at radius 3 is 1.45 bits per heavy atom. The molecule has 0 amide bonds. The average molecular weight is 677 g/mol. The zero-order valence-electron chi connectivity index (χ0n) is 31.5. The smallest absolute Gasteiger partial charge is 0.333 e. The van der Waals surface area contributed by atoms with Gasteiger partial charge in [-0.1, -0.05) is 69.7 Å². The molecule has 6 atom stereocenters. The fourth-order valence-corrected chi connectivity index (χ4v) is 7.16. The largest absolute Gasteiger partial charge is 0.466 e. The zero-order chi connectivity index (χ0) is 37.0. The summed E-state index contributed by atoms with van der Waals surface area (Å²) in [5.74, 6) is -0.957. The highest BCUT2D eigenvalue weighted by Crippen LogP contribution is 2.61. The second-order valence-corrected chi connectivity index (χ2v) is 15.2. The average Bonchev–Trinajstić information content (AvgIpc) is 3.66. The summed E-state index contributed by atoms with van der Waals surface area (Å²) < 4.78 is 16.1. The van der Waals surface area contributed by atoms with Crippen LogP contribution in [-0.4, -0.2) is 48.8 Å². The molecular weight excluding hydrogens is 620 g/mol. The number of esters is 3.